The molecule has 1 spiro atoms. The van der Waals surface area contributed by atoms with Gasteiger partial charge < -0.3 is 15.6 Å². The molecule has 168 valence electrons. The molecule has 3 N–H and O–H groups in total. The number of halogens is 3. The molecule has 3 aromatic rings. The number of anilines is 1. The summed E-state index contributed by atoms with van der Waals surface area (Å²) < 4.78 is 41.1. The van der Waals surface area contributed by atoms with Gasteiger partial charge in [-0.3, -0.25) is 0 Å². The van der Waals surface area contributed by atoms with Crippen molar-refractivity contribution < 1.29 is 13.2 Å². The van der Waals surface area contributed by atoms with Crippen LogP contribution in [-0.2, 0) is 13.2 Å². The zero-order valence-corrected chi connectivity index (χ0v) is 17.7. The molecule has 0 amide bonds. The largest absolute Gasteiger partial charge is 0.419 e. The van der Waals surface area contributed by atoms with Crippen LogP contribution in [0.1, 0.15) is 43.4 Å². The summed E-state index contributed by atoms with van der Waals surface area (Å²) in [5, 5.41) is 3.99. The van der Waals surface area contributed by atoms with Gasteiger partial charge in [-0.1, -0.05) is 6.08 Å². The van der Waals surface area contributed by atoms with Gasteiger partial charge in [-0.25, -0.2) is 19.9 Å². The maximum atomic E-state index is 13.0. The minimum atomic E-state index is -4.50. The molecule has 1 fully saturated rings. The zero-order valence-electron chi connectivity index (χ0n) is 17.7. The summed E-state index contributed by atoms with van der Waals surface area (Å²) in [6.07, 6.45) is 5.98. The lowest BCUT2D eigenvalue weighted by Gasteiger charge is -2.40. The highest BCUT2D eigenvalue weighted by molar-refractivity contribution is 6.04. The predicted octanol–water partition coefficient (Wildman–Crippen LogP) is 3.96. The molecule has 32 heavy (non-hydrogen) atoms. The highest BCUT2D eigenvalue weighted by Gasteiger charge is 2.36. The lowest BCUT2D eigenvalue weighted by atomic mass is 9.68. The first kappa shape index (κ1) is 20.9. The van der Waals surface area contributed by atoms with Crippen molar-refractivity contribution in [3.63, 3.8) is 0 Å². The molecule has 0 atom stereocenters. The third kappa shape index (κ3) is 3.42. The van der Waals surface area contributed by atoms with Gasteiger partial charge in [0.15, 0.2) is 5.82 Å². The molecule has 2 aliphatic rings. The number of piperidine rings is 1. The smallest absolute Gasteiger partial charge is 0.383 e. The molecule has 0 radical (unpaired) electrons. The number of alkyl halides is 3. The Morgan fingerprint density at radius 3 is 2.41 bits per heavy atom. The van der Waals surface area contributed by atoms with E-state index in [-0.39, 0.29) is 11.6 Å². The van der Waals surface area contributed by atoms with Crippen molar-refractivity contribution in [3.05, 3.63) is 36.1 Å². The van der Waals surface area contributed by atoms with Crippen molar-refractivity contribution >= 4 is 22.4 Å². The van der Waals surface area contributed by atoms with E-state index < -0.39 is 11.7 Å². The Balaban J connectivity index is 1.65. The maximum absolute atomic E-state index is 13.0. The van der Waals surface area contributed by atoms with Crippen molar-refractivity contribution in [2.45, 2.75) is 38.3 Å². The first-order valence-corrected chi connectivity index (χ1v) is 10.7. The number of nitrogens with one attached hydrogen (secondary N) is 1. The van der Waals surface area contributed by atoms with Crippen molar-refractivity contribution in [2.24, 2.45) is 12.5 Å². The molecule has 10 heteroatoms. The second-order valence-corrected chi connectivity index (χ2v) is 8.72. The summed E-state index contributed by atoms with van der Waals surface area (Å²) in [4.78, 5) is 16.6. The summed E-state index contributed by atoms with van der Waals surface area (Å²) in [7, 11) is 1.88. The third-order valence-corrected chi connectivity index (χ3v) is 6.87. The number of nitrogens with two attached hydrogens (primary N) is 1. The van der Waals surface area contributed by atoms with Gasteiger partial charge in [0.1, 0.15) is 17.8 Å². The van der Waals surface area contributed by atoms with E-state index in [2.05, 4.69) is 31.3 Å². The number of hydrogen-bond donors (Lipinski definition) is 2. The van der Waals surface area contributed by atoms with E-state index in [1.54, 1.807) is 0 Å². The minimum Gasteiger partial charge on any atom is -0.383 e. The van der Waals surface area contributed by atoms with Crippen LogP contribution in [0.3, 0.4) is 0 Å². The summed E-state index contributed by atoms with van der Waals surface area (Å²) >= 11 is 0. The van der Waals surface area contributed by atoms with E-state index in [1.165, 1.54) is 6.33 Å². The average molecular weight is 443 g/mol. The van der Waals surface area contributed by atoms with Gasteiger partial charge in [-0.15, -0.1) is 0 Å². The minimum absolute atomic E-state index is 0.183. The van der Waals surface area contributed by atoms with Crippen LogP contribution >= 0.6 is 0 Å². The Bertz CT molecular complexity index is 1190. The molecular formula is C22H24F3N7. The zero-order chi connectivity index (χ0) is 22.5. The Labute approximate surface area is 183 Å². The number of nitrogen functional groups attached to an aromatic ring is 1. The van der Waals surface area contributed by atoms with Crippen LogP contribution in [-0.4, -0.2) is 37.6 Å². The monoisotopic (exact) mass is 443 g/mol. The number of nitrogens with zero attached hydrogens (tertiary/aromatic N) is 5. The number of rotatable bonds is 2. The molecule has 0 bridgehead atoms. The Morgan fingerprint density at radius 2 is 1.78 bits per heavy atom. The lowest BCUT2D eigenvalue weighted by molar-refractivity contribution is -0.138. The second kappa shape index (κ2) is 7.54. The standard InChI is InChI=1S/C22H24F3N7/c1-32-17(13-2-4-21(5-3-13)6-8-27-9-7-21)15(16-18(26)30-12-31-20(16)32)19-28-10-14(11-29-19)22(23,24)25/h2,10-12,27H,3-9H2,1H3,(H2,26,30,31). The molecule has 0 unspecified atom stereocenters. The van der Waals surface area contributed by atoms with Gasteiger partial charge in [0.05, 0.1) is 22.2 Å². The van der Waals surface area contributed by atoms with Crippen LogP contribution in [0.2, 0.25) is 0 Å². The van der Waals surface area contributed by atoms with E-state index in [0.29, 0.717) is 22.0 Å². The fourth-order valence-electron chi connectivity index (χ4n) is 5.04. The van der Waals surface area contributed by atoms with Crippen molar-refractivity contribution in [3.8, 4) is 11.4 Å². The van der Waals surface area contributed by atoms with Crippen LogP contribution in [0.25, 0.3) is 28.0 Å². The SMILES string of the molecule is Cn1c(C2=CCC3(CCNCC3)CC2)c(-c2ncc(C(F)(F)F)cn2)c2c(N)ncnc21. The van der Waals surface area contributed by atoms with E-state index in [0.717, 1.165) is 68.9 Å². The van der Waals surface area contributed by atoms with E-state index in [9.17, 15) is 13.2 Å². The molecule has 0 aromatic carbocycles. The third-order valence-electron chi connectivity index (χ3n) is 6.87. The molecule has 7 nitrogen and oxygen atoms in total. The Kier molecular flexibility index (Phi) is 4.92. The molecule has 0 saturated carbocycles. The fourth-order valence-corrected chi connectivity index (χ4v) is 5.04. The molecule has 4 heterocycles. The van der Waals surface area contributed by atoms with Gasteiger partial charge in [0.2, 0.25) is 0 Å². The predicted molar refractivity (Wildman–Crippen MR) is 115 cm³/mol. The van der Waals surface area contributed by atoms with E-state index >= 15 is 0 Å². The quantitative estimate of drug-likeness (QED) is 0.623. The normalized spacial score (nSPS) is 18.8. The average Bonchev–Trinajstić information content (AvgIpc) is 3.08. The van der Waals surface area contributed by atoms with Crippen molar-refractivity contribution in [1.82, 2.24) is 29.8 Å². The van der Waals surface area contributed by atoms with Crippen LogP contribution in [0, 0.1) is 5.41 Å². The Hall–Kier alpha value is -3.01. The van der Waals surface area contributed by atoms with Crippen LogP contribution in [0.5, 0.6) is 0 Å². The van der Waals surface area contributed by atoms with Gasteiger partial charge in [-0.2, -0.15) is 13.2 Å². The number of aromatic nitrogens is 5. The van der Waals surface area contributed by atoms with Crippen molar-refractivity contribution in [2.75, 3.05) is 18.8 Å². The molecule has 1 aliphatic carbocycles. The van der Waals surface area contributed by atoms with E-state index in [1.807, 2.05) is 11.6 Å². The van der Waals surface area contributed by atoms with Crippen molar-refractivity contribution in [1.29, 1.82) is 0 Å². The summed E-state index contributed by atoms with van der Waals surface area (Å²) in [6.45, 7) is 2.07. The topological polar surface area (TPSA) is 94.5 Å². The summed E-state index contributed by atoms with van der Waals surface area (Å²) in [5.41, 5.74) is 8.77. The highest BCUT2D eigenvalue weighted by Crippen LogP contribution is 2.47. The summed E-state index contributed by atoms with van der Waals surface area (Å²) in [6, 6.07) is 0. The lowest BCUT2D eigenvalue weighted by Crippen LogP contribution is -2.37. The maximum Gasteiger partial charge on any atom is 0.419 e. The molecule has 3 aromatic heterocycles. The second-order valence-electron chi connectivity index (χ2n) is 8.72. The number of fused-ring (bicyclic) bond motifs is 1. The molecular weight excluding hydrogens is 419 g/mol. The summed E-state index contributed by atoms with van der Waals surface area (Å²) in [5.74, 6) is 0.435. The van der Waals surface area contributed by atoms with Crippen LogP contribution < -0.4 is 11.1 Å². The molecule has 1 aliphatic heterocycles. The number of allylic oxidation sites excluding steroid dienone is 2. The van der Waals surface area contributed by atoms with Crippen LogP contribution in [0.15, 0.2) is 24.8 Å². The highest BCUT2D eigenvalue weighted by atomic mass is 19.4. The first-order valence-electron chi connectivity index (χ1n) is 10.7. The van der Waals surface area contributed by atoms with Crippen LogP contribution in [0.4, 0.5) is 19.0 Å². The first-order chi connectivity index (χ1) is 15.3. The van der Waals surface area contributed by atoms with Gasteiger partial charge in [-0.05, 0) is 56.2 Å². The van der Waals surface area contributed by atoms with Gasteiger partial charge in [0, 0.05) is 19.4 Å². The number of aryl methyl sites for hydroxylation is 1. The Morgan fingerprint density at radius 1 is 1.06 bits per heavy atom. The number of hydrogen-bond acceptors (Lipinski definition) is 6. The molecule has 5 rings (SSSR count). The molecule has 1 saturated heterocycles. The fraction of sp³-hybridized carbons (Fsp3) is 0.455. The van der Waals surface area contributed by atoms with Gasteiger partial charge >= 0.3 is 6.18 Å². The van der Waals surface area contributed by atoms with E-state index in [4.69, 9.17) is 5.73 Å². The van der Waals surface area contributed by atoms with Gasteiger partial charge in [0.25, 0.3) is 0 Å².